The molecule has 3 saturated carbocycles. The molecule has 2 aromatic carbocycles. The van der Waals surface area contributed by atoms with E-state index < -0.39 is 20.2 Å². The van der Waals surface area contributed by atoms with E-state index in [-0.39, 0.29) is 22.5 Å². The summed E-state index contributed by atoms with van der Waals surface area (Å²) in [6.45, 7) is 0. The van der Waals surface area contributed by atoms with Crippen LogP contribution in [0.1, 0.15) is 148 Å². The molecule has 4 aliphatic carbocycles. The Hall–Kier alpha value is -1.90. The maximum atomic E-state index is 14.5. The van der Waals surface area contributed by atoms with Crippen LogP contribution in [-0.4, -0.2) is 21.4 Å². The van der Waals surface area contributed by atoms with E-state index in [1.165, 1.54) is 43.4 Å². The summed E-state index contributed by atoms with van der Waals surface area (Å²) in [5.74, 6) is 1.14. The predicted molar refractivity (Wildman–Crippen MR) is 160 cm³/mol. The topological polar surface area (TPSA) is 97.7 Å². The molecule has 2 aromatic rings. The molecular formula is C33H44O6S2. The van der Waals surface area contributed by atoms with Crippen molar-refractivity contribution in [2.24, 2.45) is 0 Å². The van der Waals surface area contributed by atoms with Crippen molar-refractivity contribution in [2.75, 3.05) is 0 Å². The monoisotopic (exact) mass is 600 g/mol. The predicted octanol–water partition coefficient (Wildman–Crippen LogP) is 8.33. The lowest BCUT2D eigenvalue weighted by Crippen LogP contribution is -2.20. The Morgan fingerprint density at radius 1 is 0.610 bits per heavy atom. The van der Waals surface area contributed by atoms with Gasteiger partial charge in [-0.2, -0.15) is 16.8 Å². The lowest BCUT2D eigenvalue weighted by Gasteiger charge is -2.26. The van der Waals surface area contributed by atoms with E-state index in [0.29, 0.717) is 34.8 Å². The summed E-state index contributed by atoms with van der Waals surface area (Å²) in [6.07, 6.45) is 17.8. The highest BCUT2D eigenvalue weighted by atomic mass is 32.2. The van der Waals surface area contributed by atoms with Crippen molar-refractivity contribution in [3.63, 3.8) is 0 Å². The van der Waals surface area contributed by atoms with Gasteiger partial charge in [-0.15, -0.1) is 0 Å². The van der Waals surface area contributed by atoms with Crippen LogP contribution in [0, 0.1) is 0 Å². The summed E-state index contributed by atoms with van der Waals surface area (Å²) in [5.41, 5.74) is 4.32. The number of hydrogen-bond acceptors (Lipinski definition) is 5. The molecule has 0 amide bonds. The molecule has 6 rings (SSSR count). The Morgan fingerprint density at radius 2 is 1.10 bits per heavy atom. The number of hydrogen-bond donors (Lipinski definition) is 1. The average molecular weight is 601 g/mol. The molecular weight excluding hydrogens is 556 g/mol. The van der Waals surface area contributed by atoms with Crippen molar-refractivity contribution < 1.29 is 25.6 Å². The number of benzene rings is 2. The summed E-state index contributed by atoms with van der Waals surface area (Å²) >= 11 is 0. The van der Waals surface area contributed by atoms with Gasteiger partial charge in [0.05, 0.1) is 4.90 Å². The first-order valence-corrected chi connectivity index (χ1v) is 18.8. The largest absolute Gasteiger partial charge is 0.379 e. The molecule has 0 unspecified atom stereocenters. The van der Waals surface area contributed by atoms with Crippen LogP contribution < -0.4 is 4.18 Å². The SMILES string of the molecule is O=S(=O)(O)c1ccc(OS(=O)(=O)c2c(C3CCCC3)cc(C3CCCC3)cc2C2CCCC2)c2c1CCCCCC2. The summed E-state index contributed by atoms with van der Waals surface area (Å²) in [4.78, 5) is 0.259. The van der Waals surface area contributed by atoms with Crippen molar-refractivity contribution >= 4 is 20.2 Å². The number of fused-ring (bicyclic) bond motifs is 1. The Balaban J connectivity index is 1.49. The molecule has 0 bridgehead atoms. The van der Waals surface area contributed by atoms with Crippen molar-refractivity contribution in [3.05, 3.63) is 52.1 Å². The van der Waals surface area contributed by atoms with E-state index in [9.17, 15) is 21.4 Å². The molecule has 1 N–H and O–H groups in total. The van der Waals surface area contributed by atoms with Crippen molar-refractivity contribution in [1.29, 1.82) is 0 Å². The summed E-state index contributed by atoms with van der Waals surface area (Å²) in [6, 6.07) is 7.19. The summed E-state index contributed by atoms with van der Waals surface area (Å²) < 4.78 is 69.6. The van der Waals surface area contributed by atoms with Gasteiger partial charge in [0.1, 0.15) is 10.6 Å². The Labute approximate surface area is 246 Å². The van der Waals surface area contributed by atoms with Gasteiger partial charge in [0.2, 0.25) is 0 Å². The highest BCUT2D eigenvalue weighted by Gasteiger charge is 2.36. The highest BCUT2D eigenvalue weighted by molar-refractivity contribution is 7.87. The first-order chi connectivity index (χ1) is 19.7. The maximum absolute atomic E-state index is 14.5. The number of rotatable bonds is 7. The molecule has 4 aliphatic rings. The minimum Gasteiger partial charge on any atom is -0.379 e. The van der Waals surface area contributed by atoms with Crippen LogP contribution in [0.5, 0.6) is 5.75 Å². The summed E-state index contributed by atoms with van der Waals surface area (Å²) in [5, 5.41) is 0. The van der Waals surface area contributed by atoms with Crippen LogP contribution in [-0.2, 0) is 33.1 Å². The van der Waals surface area contributed by atoms with Gasteiger partial charge >= 0.3 is 10.1 Å². The molecule has 0 aliphatic heterocycles. The molecule has 41 heavy (non-hydrogen) atoms. The zero-order valence-electron chi connectivity index (χ0n) is 24.1. The molecule has 3 fully saturated rings. The van der Waals surface area contributed by atoms with Gasteiger partial charge in [-0.05, 0) is 116 Å². The second kappa shape index (κ2) is 12.0. The van der Waals surface area contributed by atoms with Crippen LogP contribution in [0.2, 0.25) is 0 Å². The van der Waals surface area contributed by atoms with Gasteiger partial charge in [0.15, 0.2) is 0 Å². The van der Waals surface area contributed by atoms with Crippen molar-refractivity contribution in [2.45, 2.75) is 143 Å². The van der Waals surface area contributed by atoms with Crippen LogP contribution >= 0.6 is 0 Å². The van der Waals surface area contributed by atoms with Crippen molar-refractivity contribution in [3.8, 4) is 5.75 Å². The van der Waals surface area contributed by atoms with Crippen LogP contribution in [0.15, 0.2) is 34.1 Å². The fraction of sp³-hybridized carbons (Fsp3) is 0.636. The molecule has 0 spiro atoms. The van der Waals surface area contributed by atoms with Gasteiger partial charge in [-0.1, -0.05) is 63.5 Å². The molecule has 0 heterocycles. The lowest BCUT2D eigenvalue weighted by molar-refractivity contribution is 0.471. The molecule has 0 radical (unpaired) electrons. The van der Waals surface area contributed by atoms with Crippen LogP contribution in [0.25, 0.3) is 0 Å². The van der Waals surface area contributed by atoms with Crippen molar-refractivity contribution in [1.82, 2.24) is 0 Å². The van der Waals surface area contributed by atoms with E-state index in [1.54, 1.807) is 0 Å². The third-order valence-corrected chi connectivity index (χ3v) is 12.6. The van der Waals surface area contributed by atoms with E-state index >= 15 is 0 Å². The standard InChI is InChI=1S/C33H44O6S2/c34-40(35,36)32-20-19-31(27-17-3-1-2-4-18-28(27)32)39-41(37,38)33-29(24-13-7-8-14-24)21-26(23-11-5-6-12-23)22-30(33)25-15-9-10-16-25/h19-25H,1-18H2,(H,34,35,36). The smallest absolute Gasteiger partial charge is 0.339 e. The maximum Gasteiger partial charge on any atom is 0.339 e. The Kier molecular flexibility index (Phi) is 8.54. The lowest BCUT2D eigenvalue weighted by atomic mass is 9.85. The average Bonchev–Trinajstić information content (AvgIpc) is 3.71. The third kappa shape index (κ3) is 6.12. The second-order valence-electron chi connectivity index (χ2n) is 12.9. The summed E-state index contributed by atoms with van der Waals surface area (Å²) in [7, 11) is -8.64. The zero-order valence-corrected chi connectivity index (χ0v) is 25.7. The fourth-order valence-corrected chi connectivity index (χ4v) is 10.5. The van der Waals surface area contributed by atoms with E-state index in [1.807, 2.05) is 0 Å². The second-order valence-corrected chi connectivity index (χ2v) is 15.8. The normalized spacial score (nSPS) is 21.6. The Morgan fingerprint density at radius 3 is 1.61 bits per heavy atom. The van der Waals surface area contributed by atoms with Gasteiger partial charge in [-0.3, -0.25) is 4.55 Å². The van der Waals surface area contributed by atoms with Gasteiger partial charge in [0, 0.05) is 5.56 Å². The van der Waals surface area contributed by atoms with Gasteiger partial charge in [-0.25, -0.2) is 0 Å². The molecule has 224 valence electrons. The van der Waals surface area contributed by atoms with E-state index in [2.05, 4.69) is 12.1 Å². The Bertz CT molecular complexity index is 1440. The zero-order chi connectivity index (χ0) is 28.6. The van der Waals surface area contributed by atoms with E-state index in [0.717, 1.165) is 88.2 Å². The molecule has 0 aromatic heterocycles. The quantitative estimate of drug-likeness (QED) is 0.253. The highest BCUT2D eigenvalue weighted by Crippen LogP contribution is 2.47. The first-order valence-electron chi connectivity index (χ1n) is 16.0. The minimum absolute atomic E-state index is 0.127. The van der Waals surface area contributed by atoms with Gasteiger partial charge in [0.25, 0.3) is 10.1 Å². The van der Waals surface area contributed by atoms with Crippen LogP contribution in [0.4, 0.5) is 0 Å². The third-order valence-electron chi connectivity index (χ3n) is 10.3. The molecule has 0 atom stereocenters. The molecule has 8 heteroatoms. The van der Waals surface area contributed by atoms with Crippen LogP contribution in [0.3, 0.4) is 0 Å². The minimum atomic E-state index is -4.44. The molecule has 0 saturated heterocycles. The molecule has 6 nitrogen and oxygen atoms in total. The first kappa shape index (κ1) is 29.2. The fourth-order valence-electron chi connectivity index (χ4n) is 8.20. The van der Waals surface area contributed by atoms with E-state index in [4.69, 9.17) is 4.18 Å². The van der Waals surface area contributed by atoms with Gasteiger partial charge < -0.3 is 4.18 Å².